The van der Waals surface area contributed by atoms with E-state index in [1.807, 2.05) is 0 Å². The van der Waals surface area contributed by atoms with Gasteiger partial charge in [0.1, 0.15) is 0 Å². The van der Waals surface area contributed by atoms with Crippen LogP contribution in [-0.2, 0) is 5.67 Å². The van der Waals surface area contributed by atoms with E-state index in [-0.39, 0.29) is 6.42 Å². The molecule has 0 aliphatic heterocycles. The monoisotopic (exact) mass is 229 g/mol. The van der Waals surface area contributed by atoms with Gasteiger partial charge in [-0.15, -0.1) is 0 Å². The Morgan fingerprint density at radius 3 is 2.67 bits per heavy atom. The van der Waals surface area contributed by atoms with Gasteiger partial charge >= 0.3 is 6.09 Å². The van der Waals surface area contributed by atoms with Crippen molar-refractivity contribution < 1.29 is 14.3 Å². The topological polar surface area (TPSA) is 49.3 Å². The number of alkyl halides is 1. The van der Waals surface area contributed by atoms with E-state index in [1.165, 1.54) is 0 Å². The van der Waals surface area contributed by atoms with Gasteiger partial charge in [0.25, 0.3) is 0 Å². The average molecular weight is 230 g/mol. The standard InChI is InChI=1S/C10H9ClFNO2/c11-7-3-1-6(2-4-7)10(12)5-8(10)13-9(14)15/h1-4,8,13H,5H2,(H,14,15). The van der Waals surface area contributed by atoms with Crippen molar-refractivity contribution in [3.63, 3.8) is 0 Å². The van der Waals surface area contributed by atoms with Gasteiger partial charge in [-0.2, -0.15) is 0 Å². The SMILES string of the molecule is O=C(O)NC1CC1(F)c1ccc(Cl)cc1. The van der Waals surface area contributed by atoms with Crippen molar-refractivity contribution in [2.45, 2.75) is 18.1 Å². The maximum absolute atomic E-state index is 14.0. The molecule has 0 heterocycles. The average Bonchev–Trinajstić information content (AvgIpc) is 2.78. The molecule has 2 rings (SSSR count). The van der Waals surface area contributed by atoms with Crippen LogP contribution < -0.4 is 5.32 Å². The Hall–Kier alpha value is -1.29. The molecule has 1 amide bonds. The molecule has 1 aromatic rings. The van der Waals surface area contributed by atoms with Crippen molar-refractivity contribution in [1.82, 2.24) is 5.32 Å². The number of rotatable bonds is 2. The number of halogens is 2. The fourth-order valence-corrected chi connectivity index (χ4v) is 1.72. The second-order valence-electron chi connectivity index (χ2n) is 3.58. The van der Waals surface area contributed by atoms with E-state index in [4.69, 9.17) is 16.7 Å². The van der Waals surface area contributed by atoms with E-state index >= 15 is 0 Å². The lowest BCUT2D eigenvalue weighted by molar-refractivity contribution is 0.189. The zero-order chi connectivity index (χ0) is 11.1. The van der Waals surface area contributed by atoms with Crippen LogP contribution in [0.5, 0.6) is 0 Å². The highest BCUT2D eigenvalue weighted by Gasteiger charge is 2.57. The molecule has 1 saturated carbocycles. The Morgan fingerprint density at radius 2 is 2.13 bits per heavy atom. The molecule has 0 spiro atoms. The summed E-state index contributed by atoms with van der Waals surface area (Å²) in [5.41, 5.74) is -1.10. The van der Waals surface area contributed by atoms with Crippen molar-refractivity contribution in [3.05, 3.63) is 34.9 Å². The Labute approximate surface area is 90.9 Å². The highest BCUT2D eigenvalue weighted by Crippen LogP contribution is 2.49. The van der Waals surface area contributed by atoms with Crippen LogP contribution in [0, 0.1) is 0 Å². The van der Waals surface area contributed by atoms with E-state index in [9.17, 15) is 9.18 Å². The van der Waals surface area contributed by atoms with Crippen molar-refractivity contribution in [2.75, 3.05) is 0 Å². The molecule has 3 nitrogen and oxygen atoms in total. The Balaban J connectivity index is 2.12. The molecule has 0 bridgehead atoms. The first-order valence-corrected chi connectivity index (χ1v) is 4.84. The first-order valence-electron chi connectivity index (χ1n) is 4.47. The minimum Gasteiger partial charge on any atom is -0.465 e. The molecule has 1 aliphatic carbocycles. The van der Waals surface area contributed by atoms with Crippen molar-refractivity contribution >= 4 is 17.7 Å². The smallest absolute Gasteiger partial charge is 0.405 e. The van der Waals surface area contributed by atoms with Crippen molar-refractivity contribution in [3.8, 4) is 0 Å². The van der Waals surface area contributed by atoms with Crippen LogP contribution in [-0.4, -0.2) is 17.2 Å². The van der Waals surface area contributed by atoms with Gasteiger partial charge in [-0.05, 0) is 17.7 Å². The lowest BCUT2D eigenvalue weighted by Crippen LogP contribution is -2.27. The molecule has 1 fully saturated rings. The van der Waals surface area contributed by atoms with Crippen LogP contribution in [0.1, 0.15) is 12.0 Å². The number of amides is 1. The van der Waals surface area contributed by atoms with Crippen LogP contribution >= 0.6 is 11.6 Å². The molecular formula is C10H9ClFNO2. The number of carboxylic acid groups (broad SMARTS) is 1. The van der Waals surface area contributed by atoms with E-state index < -0.39 is 17.8 Å². The molecule has 2 unspecified atom stereocenters. The van der Waals surface area contributed by atoms with Gasteiger partial charge < -0.3 is 10.4 Å². The van der Waals surface area contributed by atoms with Gasteiger partial charge in [-0.1, -0.05) is 23.7 Å². The largest absolute Gasteiger partial charge is 0.465 e. The second kappa shape index (κ2) is 3.38. The highest BCUT2D eigenvalue weighted by molar-refractivity contribution is 6.30. The van der Waals surface area contributed by atoms with Crippen LogP contribution in [0.4, 0.5) is 9.18 Å². The van der Waals surface area contributed by atoms with Crippen LogP contribution in [0.3, 0.4) is 0 Å². The molecular weight excluding hydrogens is 221 g/mol. The molecule has 2 atom stereocenters. The lowest BCUT2D eigenvalue weighted by Gasteiger charge is -2.07. The highest BCUT2D eigenvalue weighted by atomic mass is 35.5. The first-order chi connectivity index (χ1) is 7.02. The summed E-state index contributed by atoms with van der Waals surface area (Å²) in [5, 5.41) is 11.1. The molecule has 15 heavy (non-hydrogen) atoms. The summed E-state index contributed by atoms with van der Waals surface area (Å²) < 4.78 is 14.0. The van der Waals surface area contributed by atoms with Crippen LogP contribution in [0.2, 0.25) is 5.02 Å². The summed E-state index contributed by atoms with van der Waals surface area (Å²) in [7, 11) is 0. The molecule has 1 aliphatic rings. The Morgan fingerprint density at radius 1 is 1.53 bits per heavy atom. The fourth-order valence-electron chi connectivity index (χ4n) is 1.60. The van der Waals surface area contributed by atoms with Crippen molar-refractivity contribution in [2.24, 2.45) is 0 Å². The van der Waals surface area contributed by atoms with E-state index in [0.29, 0.717) is 10.6 Å². The van der Waals surface area contributed by atoms with Crippen molar-refractivity contribution in [1.29, 1.82) is 0 Å². The van der Waals surface area contributed by atoms with Gasteiger partial charge in [0.2, 0.25) is 0 Å². The molecule has 0 radical (unpaired) electrons. The fraction of sp³-hybridized carbons (Fsp3) is 0.300. The van der Waals surface area contributed by atoms with Gasteiger partial charge in [0.15, 0.2) is 5.67 Å². The quantitative estimate of drug-likeness (QED) is 0.819. The van der Waals surface area contributed by atoms with E-state index in [0.717, 1.165) is 0 Å². The number of carbonyl (C=O) groups is 1. The number of hydrogen-bond acceptors (Lipinski definition) is 1. The molecule has 0 aromatic heterocycles. The second-order valence-corrected chi connectivity index (χ2v) is 4.01. The van der Waals surface area contributed by atoms with Crippen LogP contribution in [0.15, 0.2) is 24.3 Å². The third-order valence-electron chi connectivity index (χ3n) is 2.52. The zero-order valence-corrected chi connectivity index (χ0v) is 8.46. The Bertz CT molecular complexity index is 395. The van der Waals surface area contributed by atoms with Crippen LogP contribution in [0.25, 0.3) is 0 Å². The first kappa shape index (κ1) is 10.2. The third-order valence-corrected chi connectivity index (χ3v) is 2.77. The number of nitrogens with one attached hydrogen (secondary N) is 1. The van der Waals surface area contributed by atoms with Gasteiger partial charge in [-0.3, -0.25) is 0 Å². The predicted molar refractivity (Wildman–Crippen MR) is 53.8 cm³/mol. The minimum atomic E-state index is -1.57. The summed E-state index contributed by atoms with van der Waals surface area (Å²) in [5.74, 6) is 0. The maximum Gasteiger partial charge on any atom is 0.405 e. The molecule has 5 heteroatoms. The molecule has 1 aromatic carbocycles. The maximum atomic E-state index is 14.0. The summed E-state index contributed by atoms with van der Waals surface area (Å²) >= 11 is 5.67. The molecule has 2 N–H and O–H groups in total. The minimum absolute atomic E-state index is 0.181. The summed E-state index contributed by atoms with van der Waals surface area (Å²) in [4.78, 5) is 10.3. The number of hydrogen-bond donors (Lipinski definition) is 2. The number of benzene rings is 1. The Kier molecular flexibility index (Phi) is 2.31. The summed E-state index contributed by atoms with van der Waals surface area (Å²) in [6.45, 7) is 0. The van der Waals surface area contributed by atoms with Gasteiger partial charge in [-0.25, -0.2) is 9.18 Å². The molecule has 80 valence electrons. The lowest BCUT2D eigenvalue weighted by atomic mass is 10.1. The van der Waals surface area contributed by atoms with E-state index in [2.05, 4.69) is 5.32 Å². The predicted octanol–water partition coefficient (Wildman–Crippen LogP) is 2.54. The summed E-state index contributed by atoms with van der Waals surface area (Å²) in [6.07, 6.45) is -1.02. The van der Waals surface area contributed by atoms with E-state index in [1.54, 1.807) is 24.3 Å². The third kappa shape index (κ3) is 1.90. The van der Waals surface area contributed by atoms with Gasteiger partial charge in [0.05, 0.1) is 6.04 Å². The summed E-state index contributed by atoms with van der Waals surface area (Å²) in [6, 6.07) is 5.69. The molecule has 0 saturated heterocycles. The normalized spacial score (nSPS) is 28.5. The zero-order valence-electron chi connectivity index (χ0n) is 7.71. The van der Waals surface area contributed by atoms with Gasteiger partial charge in [0, 0.05) is 11.4 Å².